The highest BCUT2D eigenvalue weighted by Crippen LogP contribution is 2.18. The summed E-state index contributed by atoms with van der Waals surface area (Å²) in [6.07, 6.45) is 43.7. The van der Waals surface area contributed by atoms with Gasteiger partial charge in [-0.15, -0.1) is 0 Å². The molecule has 0 rings (SSSR count). The van der Waals surface area contributed by atoms with Gasteiger partial charge in [0, 0.05) is 19.3 Å². The van der Waals surface area contributed by atoms with Gasteiger partial charge in [-0.05, 0) is 31.1 Å². The van der Waals surface area contributed by atoms with Crippen LogP contribution in [0.3, 0.4) is 0 Å². The molecule has 0 bridgehead atoms. The Kier molecular flexibility index (Phi) is 42.7. The van der Waals surface area contributed by atoms with Gasteiger partial charge in [0.1, 0.15) is 13.2 Å². The lowest BCUT2D eigenvalue weighted by atomic mass is 9.99. The van der Waals surface area contributed by atoms with Crippen molar-refractivity contribution in [2.75, 3.05) is 13.2 Å². The molecule has 0 aromatic carbocycles. The van der Waals surface area contributed by atoms with E-state index < -0.39 is 6.10 Å². The van der Waals surface area contributed by atoms with E-state index in [9.17, 15) is 14.4 Å². The molecule has 338 valence electrons. The number of unbranched alkanes of at least 4 members (excludes halogenated alkanes) is 28. The minimum Gasteiger partial charge on any atom is -0.462 e. The Morgan fingerprint density at radius 1 is 0.351 bits per heavy atom. The lowest BCUT2D eigenvalue weighted by Crippen LogP contribution is -2.30. The maximum Gasteiger partial charge on any atom is 0.306 e. The smallest absolute Gasteiger partial charge is 0.306 e. The molecule has 0 aromatic heterocycles. The molecule has 0 fully saturated rings. The van der Waals surface area contributed by atoms with Gasteiger partial charge in [0.15, 0.2) is 6.10 Å². The van der Waals surface area contributed by atoms with Crippen LogP contribution in [0, 0.1) is 11.8 Å². The third kappa shape index (κ3) is 42.3. The molecule has 57 heavy (non-hydrogen) atoms. The van der Waals surface area contributed by atoms with Crippen molar-refractivity contribution in [2.24, 2.45) is 11.8 Å². The van der Waals surface area contributed by atoms with Gasteiger partial charge in [0.05, 0.1) is 0 Å². The van der Waals surface area contributed by atoms with Crippen LogP contribution in [0.4, 0.5) is 0 Å². The van der Waals surface area contributed by atoms with Crippen molar-refractivity contribution in [2.45, 2.75) is 285 Å². The second-order valence-electron chi connectivity index (χ2n) is 17.9. The lowest BCUT2D eigenvalue weighted by Gasteiger charge is -2.18. The van der Waals surface area contributed by atoms with E-state index in [1.807, 2.05) is 0 Å². The number of carbonyl (C=O) groups excluding carboxylic acids is 3. The van der Waals surface area contributed by atoms with Gasteiger partial charge in [0.25, 0.3) is 0 Å². The fourth-order valence-corrected chi connectivity index (χ4v) is 7.57. The number of rotatable bonds is 45. The quantitative estimate of drug-likeness (QED) is 0.0346. The van der Waals surface area contributed by atoms with Gasteiger partial charge in [0.2, 0.25) is 0 Å². The summed E-state index contributed by atoms with van der Waals surface area (Å²) in [5, 5.41) is 0. The molecule has 0 aliphatic carbocycles. The summed E-state index contributed by atoms with van der Waals surface area (Å²) in [7, 11) is 0. The first kappa shape index (κ1) is 55.4. The number of esters is 3. The molecular formula is C51H98O6. The molecule has 0 aliphatic rings. The first-order valence-electron chi connectivity index (χ1n) is 25.3. The SMILES string of the molecule is CCCCCCCCCCCCCCCCCC(=O)OC[C@H](COC(=O)CCCCCCCCC(C)CC)OC(=O)CCCCCCCCCCCCC(C)CC. The molecule has 2 unspecified atom stereocenters. The summed E-state index contributed by atoms with van der Waals surface area (Å²) >= 11 is 0. The Hall–Kier alpha value is -1.59. The second-order valence-corrected chi connectivity index (χ2v) is 17.9. The van der Waals surface area contributed by atoms with Gasteiger partial charge in [-0.3, -0.25) is 14.4 Å². The van der Waals surface area contributed by atoms with E-state index in [0.717, 1.165) is 69.6 Å². The third-order valence-corrected chi connectivity index (χ3v) is 12.2. The van der Waals surface area contributed by atoms with Crippen LogP contribution in [-0.4, -0.2) is 37.2 Å². The van der Waals surface area contributed by atoms with E-state index in [1.165, 1.54) is 167 Å². The van der Waals surface area contributed by atoms with Gasteiger partial charge in [-0.25, -0.2) is 0 Å². The van der Waals surface area contributed by atoms with E-state index in [1.54, 1.807) is 0 Å². The molecule has 3 atom stereocenters. The fraction of sp³-hybridized carbons (Fsp3) is 0.941. The monoisotopic (exact) mass is 807 g/mol. The van der Waals surface area contributed by atoms with Crippen LogP contribution in [0.5, 0.6) is 0 Å². The Morgan fingerprint density at radius 2 is 0.614 bits per heavy atom. The van der Waals surface area contributed by atoms with Crippen LogP contribution in [0.2, 0.25) is 0 Å². The third-order valence-electron chi connectivity index (χ3n) is 12.2. The molecule has 0 aliphatic heterocycles. The van der Waals surface area contributed by atoms with Gasteiger partial charge < -0.3 is 14.2 Å². The molecule has 6 nitrogen and oxygen atoms in total. The topological polar surface area (TPSA) is 78.9 Å². The van der Waals surface area contributed by atoms with Crippen molar-refractivity contribution >= 4 is 17.9 Å². The van der Waals surface area contributed by atoms with Crippen LogP contribution in [0.25, 0.3) is 0 Å². The minimum absolute atomic E-state index is 0.0646. The first-order chi connectivity index (χ1) is 27.8. The zero-order valence-electron chi connectivity index (χ0n) is 39.0. The number of hydrogen-bond acceptors (Lipinski definition) is 6. The Morgan fingerprint density at radius 3 is 0.912 bits per heavy atom. The van der Waals surface area contributed by atoms with Gasteiger partial charge in [-0.1, -0.05) is 240 Å². The zero-order chi connectivity index (χ0) is 41.9. The van der Waals surface area contributed by atoms with Crippen molar-refractivity contribution in [3.05, 3.63) is 0 Å². The molecule has 0 N–H and O–H groups in total. The average molecular weight is 807 g/mol. The van der Waals surface area contributed by atoms with E-state index in [0.29, 0.717) is 19.3 Å². The van der Waals surface area contributed by atoms with Crippen LogP contribution in [0.1, 0.15) is 279 Å². The van der Waals surface area contributed by atoms with E-state index in [-0.39, 0.29) is 31.1 Å². The summed E-state index contributed by atoms with van der Waals surface area (Å²) in [5.74, 6) is 0.828. The molecule has 0 aromatic rings. The second kappa shape index (κ2) is 44.0. The number of ether oxygens (including phenoxy) is 3. The molecule has 0 saturated heterocycles. The maximum absolute atomic E-state index is 12.8. The van der Waals surface area contributed by atoms with Crippen LogP contribution >= 0.6 is 0 Å². The summed E-state index contributed by atoms with van der Waals surface area (Å²) in [5.41, 5.74) is 0. The van der Waals surface area contributed by atoms with Gasteiger partial charge in [-0.2, -0.15) is 0 Å². The van der Waals surface area contributed by atoms with Crippen LogP contribution in [0.15, 0.2) is 0 Å². The molecular weight excluding hydrogens is 709 g/mol. The molecule has 0 radical (unpaired) electrons. The minimum atomic E-state index is -0.762. The number of carbonyl (C=O) groups is 3. The van der Waals surface area contributed by atoms with Crippen molar-refractivity contribution in [3.63, 3.8) is 0 Å². The first-order valence-corrected chi connectivity index (χ1v) is 25.3. The standard InChI is InChI=1S/C51H98O6/c1-6-9-10-11-12-13-14-15-16-17-18-22-25-31-36-41-49(52)55-44-48(45-56-50(53)42-37-32-28-27-30-35-40-47(5)8-3)57-51(54)43-38-33-26-23-20-19-21-24-29-34-39-46(4)7-2/h46-48H,6-45H2,1-5H3/t46?,47?,48-/m1/s1. The summed E-state index contributed by atoms with van der Waals surface area (Å²) in [6.45, 7) is 11.4. The van der Waals surface area contributed by atoms with Crippen LogP contribution in [-0.2, 0) is 28.6 Å². The molecule has 0 spiro atoms. The normalized spacial score (nSPS) is 13.0. The largest absolute Gasteiger partial charge is 0.462 e. The average Bonchev–Trinajstić information content (AvgIpc) is 3.21. The Bertz CT molecular complexity index is 874. The molecule has 0 heterocycles. The summed E-state index contributed by atoms with van der Waals surface area (Å²) in [6, 6.07) is 0. The predicted octanol–water partition coefficient (Wildman–Crippen LogP) is 16.1. The fourth-order valence-electron chi connectivity index (χ4n) is 7.57. The maximum atomic E-state index is 12.8. The highest BCUT2D eigenvalue weighted by atomic mass is 16.6. The molecule has 0 saturated carbocycles. The van der Waals surface area contributed by atoms with Crippen molar-refractivity contribution in [1.29, 1.82) is 0 Å². The lowest BCUT2D eigenvalue weighted by molar-refractivity contribution is -0.167. The van der Waals surface area contributed by atoms with Crippen molar-refractivity contribution < 1.29 is 28.6 Å². The van der Waals surface area contributed by atoms with E-state index in [2.05, 4.69) is 34.6 Å². The van der Waals surface area contributed by atoms with E-state index in [4.69, 9.17) is 14.2 Å². The molecule has 6 heteroatoms. The number of hydrogen-bond donors (Lipinski definition) is 0. The molecule has 0 amide bonds. The Balaban J connectivity index is 4.32. The van der Waals surface area contributed by atoms with Gasteiger partial charge >= 0.3 is 17.9 Å². The Labute approximate surface area is 355 Å². The zero-order valence-corrected chi connectivity index (χ0v) is 39.0. The summed E-state index contributed by atoms with van der Waals surface area (Å²) in [4.78, 5) is 37.9. The van der Waals surface area contributed by atoms with Crippen molar-refractivity contribution in [3.8, 4) is 0 Å². The van der Waals surface area contributed by atoms with Crippen molar-refractivity contribution in [1.82, 2.24) is 0 Å². The summed E-state index contributed by atoms with van der Waals surface area (Å²) < 4.78 is 16.8. The van der Waals surface area contributed by atoms with Crippen LogP contribution < -0.4 is 0 Å². The highest BCUT2D eigenvalue weighted by molar-refractivity contribution is 5.71. The predicted molar refractivity (Wildman–Crippen MR) is 243 cm³/mol. The van der Waals surface area contributed by atoms with E-state index >= 15 is 0 Å². The highest BCUT2D eigenvalue weighted by Gasteiger charge is 2.19.